The molecule has 0 fully saturated rings. The molecule has 9 nitrogen and oxygen atoms in total. The Balaban J connectivity index is 2.51. The van der Waals surface area contributed by atoms with Crippen molar-refractivity contribution >= 4 is 18.0 Å². The molecule has 0 aliphatic rings. The van der Waals surface area contributed by atoms with E-state index in [1.165, 1.54) is 0 Å². The number of hydroxylamine groups is 2. The van der Waals surface area contributed by atoms with Gasteiger partial charge in [0.2, 0.25) is 0 Å². The summed E-state index contributed by atoms with van der Waals surface area (Å²) in [5.41, 5.74) is 11.0. The molecule has 0 aliphatic carbocycles. The lowest BCUT2D eigenvalue weighted by atomic mass is 10.1. The highest BCUT2D eigenvalue weighted by atomic mass is 16.6. The number of benzene rings is 1. The van der Waals surface area contributed by atoms with Crippen molar-refractivity contribution in [2.75, 3.05) is 6.54 Å². The molecule has 0 aliphatic heterocycles. The number of aliphatic imine (C=N–C) groups is 1. The number of carbonyl (C=O) groups is 2. The summed E-state index contributed by atoms with van der Waals surface area (Å²) in [6.07, 6.45) is -0.885. The van der Waals surface area contributed by atoms with E-state index in [9.17, 15) is 14.8 Å². The molecular weight excluding hydrogens is 304 g/mol. The van der Waals surface area contributed by atoms with Crippen molar-refractivity contribution in [2.45, 2.75) is 25.5 Å². The molecule has 0 saturated heterocycles. The number of carboxylic acid groups (broad SMARTS) is 1. The Labute approximate surface area is 133 Å². The molecule has 9 heteroatoms. The van der Waals surface area contributed by atoms with Crippen LogP contribution in [0.3, 0.4) is 0 Å². The van der Waals surface area contributed by atoms with Crippen LogP contribution >= 0.6 is 0 Å². The van der Waals surface area contributed by atoms with Crippen LogP contribution in [0.1, 0.15) is 18.4 Å². The summed E-state index contributed by atoms with van der Waals surface area (Å²) in [4.78, 5) is 26.6. The summed E-state index contributed by atoms with van der Waals surface area (Å²) in [5.74, 6) is -1.46. The van der Waals surface area contributed by atoms with Crippen molar-refractivity contribution in [1.29, 1.82) is 0 Å². The lowest BCUT2D eigenvalue weighted by Gasteiger charge is -2.21. The molecule has 0 saturated carbocycles. The summed E-state index contributed by atoms with van der Waals surface area (Å²) in [5, 5.41) is 18.9. The topological polar surface area (TPSA) is 151 Å². The van der Waals surface area contributed by atoms with Gasteiger partial charge in [-0.15, -0.1) is 0 Å². The van der Waals surface area contributed by atoms with E-state index in [4.69, 9.17) is 21.3 Å². The molecule has 0 heterocycles. The maximum atomic E-state index is 11.7. The van der Waals surface area contributed by atoms with Gasteiger partial charge in [0.15, 0.2) is 12.0 Å². The van der Waals surface area contributed by atoms with Gasteiger partial charge in [-0.3, -0.25) is 10.2 Å². The first-order valence-corrected chi connectivity index (χ1v) is 6.88. The molecule has 23 heavy (non-hydrogen) atoms. The van der Waals surface area contributed by atoms with E-state index in [2.05, 4.69) is 4.99 Å². The van der Waals surface area contributed by atoms with Gasteiger partial charge in [0.25, 0.3) is 0 Å². The van der Waals surface area contributed by atoms with Crippen molar-refractivity contribution in [1.82, 2.24) is 5.06 Å². The highest BCUT2D eigenvalue weighted by molar-refractivity contribution is 5.79. The normalized spacial score (nSPS) is 11.3. The maximum Gasteiger partial charge on any atom is 0.434 e. The van der Waals surface area contributed by atoms with Gasteiger partial charge in [0.1, 0.15) is 6.61 Å². The fraction of sp³-hybridized carbons (Fsp3) is 0.357. The molecule has 126 valence electrons. The number of nitrogens with zero attached hydrogens (tertiary/aromatic N) is 2. The van der Waals surface area contributed by atoms with Gasteiger partial charge in [-0.25, -0.2) is 9.59 Å². The van der Waals surface area contributed by atoms with Crippen LogP contribution in [-0.2, 0) is 16.1 Å². The van der Waals surface area contributed by atoms with E-state index in [-0.39, 0.29) is 37.0 Å². The van der Waals surface area contributed by atoms with Gasteiger partial charge in [-0.05, 0) is 18.4 Å². The summed E-state index contributed by atoms with van der Waals surface area (Å²) in [6, 6.07) is 7.37. The predicted octanol–water partition coefficient (Wildman–Crippen LogP) is 0.521. The molecule has 0 bridgehead atoms. The van der Waals surface area contributed by atoms with Gasteiger partial charge < -0.3 is 21.3 Å². The highest BCUT2D eigenvalue weighted by Crippen LogP contribution is 2.09. The number of guanidine groups is 1. The van der Waals surface area contributed by atoms with Crippen LogP contribution in [-0.4, -0.2) is 46.0 Å². The zero-order valence-electron chi connectivity index (χ0n) is 12.5. The fourth-order valence-electron chi connectivity index (χ4n) is 1.76. The second kappa shape index (κ2) is 9.26. The van der Waals surface area contributed by atoms with Gasteiger partial charge in [-0.1, -0.05) is 30.3 Å². The SMILES string of the molecule is NC(N)=NCCC[C@@H](C(=O)O)N(O)C(=O)OCc1ccccc1. The third-order valence-corrected chi connectivity index (χ3v) is 2.90. The Kier molecular flexibility index (Phi) is 7.34. The van der Waals surface area contributed by atoms with Crippen molar-refractivity contribution in [3.8, 4) is 0 Å². The average Bonchev–Trinajstić information content (AvgIpc) is 2.52. The monoisotopic (exact) mass is 324 g/mol. The zero-order chi connectivity index (χ0) is 17.2. The van der Waals surface area contributed by atoms with Crippen LogP contribution in [0.2, 0.25) is 0 Å². The first-order chi connectivity index (χ1) is 10.9. The lowest BCUT2D eigenvalue weighted by Crippen LogP contribution is -2.43. The molecule has 1 aromatic rings. The Morgan fingerprint density at radius 1 is 1.26 bits per heavy atom. The highest BCUT2D eigenvalue weighted by Gasteiger charge is 2.29. The second-order valence-electron chi connectivity index (χ2n) is 4.69. The van der Waals surface area contributed by atoms with E-state index < -0.39 is 18.1 Å². The first-order valence-electron chi connectivity index (χ1n) is 6.88. The first kappa shape index (κ1) is 18.2. The van der Waals surface area contributed by atoms with Crippen molar-refractivity contribution in [2.24, 2.45) is 16.5 Å². The van der Waals surface area contributed by atoms with Crippen LogP contribution in [0, 0.1) is 0 Å². The fourth-order valence-corrected chi connectivity index (χ4v) is 1.76. The number of hydrogen-bond donors (Lipinski definition) is 4. The van der Waals surface area contributed by atoms with Crippen LogP contribution < -0.4 is 11.5 Å². The molecule has 1 rings (SSSR count). The van der Waals surface area contributed by atoms with Gasteiger partial charge in [0.05, 0.1) is 0 Å². The number of ether oxygens (including phenoxy) is 1. The number of nitrogens with two attached hydrogens (primary N) is 2. The maximum absolute atomic E-state index is 11.7. The molecule has 0 unspecified atom stereocenters. The second-order valence-corrected chi connectivity index (χ2v) is 4.69. The lowest BCUT2D eigenvalue weighted by molar-refractivity contribution is -0.162. The van der Waals surface area contributed by atoms with Gasteiger partial charge in [-0.2, -0.15) is 5.06 Å². The number of amides is 1. The van der Waals surface area contributed by atoms with Crippen molar-refractivity contribution in [3.63, 3.8) is 0 Å². The van der Waals surface area contributed by atoms with E-state index in [0.29, 0.717) is 5.56 Å². The number of rotatable bonds is 8. The minimum absolute atomic E-state index is 0.0248. The van der Waals surface area contributed by atoms with Crippen LogP contribution in [0.4, 0.5) is 4.79 Å². The van der Waals surface area contributed by atoms with Gasteiger partial charge in [0, 0.05) is 6.54 Å². The van der Waals surface area contributed by atoms with Crippen molar-refractivity contribution < 1.29 is 24.6 Å². The van der Waals surface area contributed by atoms with Crippen LogP contribution in [0.5, 0.6) is 0 Å². The Bertz CT molecular complexity index is 545. The molecule has 0 spiro atoms. The molecule has 1 atom stereocenters. The van der Waals surface area contributed by atoms with Gasteiger partial charge >= 0.3 is 12.1 Å². The summed E-state index contributed by atoms with van der Waals surface area (Å²) >= 11 is 0. The summed E-state index contributed by atoms with van der Waals surface area (Å²) < 4.78 is 4.87. The minimum atomic E-state index is -1.44. The molecule has 6 N–H and O–H groups in total. The van der Waals surface area contributed by atoms with E-state index in [1.807, 2.05) is 0 Å². The molecular formula is C14H20N4O5. The van der Waals surface area contributed by atoms with E-state index >= 15 is 0 Å². The third-order valence-electron chi connectivity index (χ3n) is 2.90. The Morgan fingerprint density at radius 2 is 1.91 bits per heavy atom. The van der Waals surface area contributed by atoms with Crippen LogP contribution in [0.25, 0.3) is 0 Å². The number of hydrogen-bond acceptors (Lipinski definition) is 5. The molecule has 1 aromatic carbocycles. The summed E-state index contributed by atoms with van der Waals surface area (Å²) in [7, 11) is 0. The Morgan fingerprint density at radius 3 is 2.48 bits per heavy atom. The average molecular weight is 324 g/mol. The largest absolute Gasteiger partial charge is 0.480 e. The van der Waals surface area contributed by atoms with E-state index in [1.54, 1.807) is 30.3 Å². The Hall–Kier alpha value is -2.81. The van der Waals surface area contributed by atoms with E-state index in [0.717, 1.165) is 0 Å². The number of carboxylic acids is 1. The predicted molar refractivity (Wildman–Crippen MR) is 81.6 cm³/mol. The standard InChI is InChI=1S/C14H20N4O5/c15-13(16)17-8-4-7-11(12(19)20)18(22)14(21)23-9-10-5-2-1-3-6-10/h1-3,5-6,11,22H,4,7-9H2,(H,19,20)(H4,15,16,17)/t11-/m0/s1. The smallest absolute Gasteiger partial charge is 0.434 e. The van der Waals surface area contributed by atoms with Crippen LogP contribution in [0.15, 0.2) is 35.3 Å². The quantitative estimate of drug-likeness (QED) is 0.179. The number of carbonyl (C=O) groups excluding carboxylic acids is 1. The summed E-state index contributed by atoms with van der Waals surface area (Å²) in [6.45, 7) is 0.121. The minimum Gasteiger partial charge on any atom is -0.480 e. The number of aliphatic carboxylic acids is 1. The third kappa shape index (κ3) is 6.66. The molecule has 1 amide bonds. The van der Waals surface area contributed by atoms with Crippen molar-refractivity contribution in [3.05, 3.63) is 35.9 Å². The zero-order valence-corrected chi connectivity index (χ0v) is 12.5. The molecule has 0 aromatic heterocycles. The molecule has 0 radical (unpaired) electrons.